The van der Waals surface area contributed by atoms with Crippen molar-refractivity contribution in [2.75, 3.05) is 21.3 Å². The maximum absolute atomic E-state index is 11.6. The number of esters is 1. The molecule has 2 rings (SSSR count). The molecule has 4 nitrogen and oxygen atoms in total. The van der Waals surface area contributed by atoms with Crippen molar-refractivity contribution < 1.29 is 19.0 Å². The van der Waals surface area contributed by atoms with Crippen LogP contribution in [0.15, 0.2) is 12.1 Å². The standard InChI is InChI=1S/C14H18O4/c1-16-12-7-6-9-4-5-10(14(15)18-3)8-11(9)13(12)17-2/h6-7,10H,4-5,8H2,1-3H3. The monoisotopic (exact) mass is 250 g/mol. The van der Waals surface area contributed by atoms with E-state index in [1.54, 1.807) is 14.2 Å². The second-order valence-electron chi connectivity index (χ2n) is 4.40. The maximum atomic E-state index is 11.6. The fraction of sp³-hybridized carbons (Fsp3) is 0.500. The number of methoxy groups -OCH3 is 3. The van der Waals surface area contributed by atoms with E-state index >= 15 is 0 Å². The van der Waals surface area contributed by atoms with E-state index in [0.29, 0.717) is 12.2 Å². The molecule has 1 aliphatic carbocycles. The van der Waals surface area contributed by atoms with Crippen LogP contribution in [0.5, 0.6) is 11.5 Å². The molecule has 0 aromatic heterocycles. The molecular weight excluding hydrogens is 232 g/mol. The Morgan fingerprint density at radius 1 is 1.22 bits per heavy atom. The number of carbonyl (C=O) groups is 1. The van der Waals surface area contributed by atoms with Crippen LogP contribution >= 0.6 is 0 Å². The van der Waals surface area contributed by atoms with Crippen LogP contribution in [-0.2, 0) is 22.4 Å². The highest BCUT2D eigenvalue weighted by molar-refractivity contribution is 5.73. The molecule has 0 spiro atoms. The van der Waals surface area contributed by atoms with Crippen molar-refractivity contribution in [2.45, 2.75) is 19.3 Å². The summed E-state index contributed by atoms with van der Waals surface area (Å²) in [5.74, 6) is 1.22. The van der Waals surface area contributed by atoms with E-state index in [-0.39, 0.29) is 11.9 Å². The number of ether oxygens (including phenoxy) is 3. The van der Waals surface area contributed by atoms with Gasteiger partial charge in [-0.2, -0.15) is 0 Å². The van der Waals surface area contributed by atoms with Crippen LogP contribution in [0.4, 0.5) is 0 Å². The van der Waals surface area contributed by atoms with E-state index < -0.39 is 0 Å². The number of hydrogen-bond acceptors (Lipinski definition) is 4. The Hall–Kier alpha value is -1.71. The molecule has 4 heteroatoms. The first-order chi connectivity index (χ1) is 8.71. The smallest absolute Gasteiger partial charge is 0.309 e. The molecule has 1 aromatic carbocycles. The molecule has 1 unspecified atom stereocenters. The molecule has 98 valence electrons. The van der Waals surface area contributed by atoms with Crippen LogP contribution in [0.2, 0.25) is 0 Å². The van der Waals surface area contributed by atoms with E-state index in [2.05, 4.69) is 0 Å². The Bertz CT molecular complexity index is 453. The minimum absolute atomic E-state index is 0.0801. The lowest BCUT2D eigenvalue weighted by Crippen LogP contribution is -2.24. The number of carbonyl (C=O) groups excluding carboxylic acids is 1. The van der Waals surface area contributed by atoms with Crippen LogP contribution in [-0.4, -0.2) is 27.3 Å². The minimum Gasteiger partial charge on any atom is -0.493 e. The number of hydrogen-bond donors (Lipinski definition) is 0. The zero-order chi connectivity index (χ0) is 13.1. The predicted molar refractivity (Wildman–Crippen MR) is 67.1 cm³/mol. The Labute approximate surface area is 107 Å². The van der Waals surface area contributed by atoms with Crippen LogP contribution in [0.25, 0.3) is 0 Å². The van der Waals surface area contributed by atoms with Crippen molar-refractivity contribution in [3.8, 4) is 11.5 Å². The molecule has 0 bridgehead atoms. The largest absolute Gasteiger partial charge is 0.493 e. The average molecular weight is 250 g/mol. The van der Waals surface area contributed by atoms with Gasteiger partial charge in [-0.05, 0) is 30.9 Å². The van der Waals surface area contributed by atoms with E-state index in [4.69, 9.17) is 14.2 Å². The molecule has 18 heavy (non-hydrogen) atoms. The van der Waals surface area contributed by atoms with E-state index in [1.807, 2.05) is 12.1 Å². The van der Waals surface area contributed by atoms with Gasteiger partial charge in [0, 0.05) is 5.56 Å². The third-order valence-electron chi connectivity index (χ3n) is 3.49. The van der Waals surface area contributed by atoms with Crippen LogP contribution < -0.4 is 9.47 Å². The molecule has 0 heterocycles. The summed E-state index contributed by atoms with van der Waals surface area (Å²) >= 11 is 0. The summed E-state index contributed by atoms with van der Waals surface area (Å²) in [6, 6.07) is 3.96. The quantitative estimate of drug-likeness (QED) is 0.769. The van der Waals surface area contributed by atoms with Gasteiger partial charge in [-0.25, -0.2) is 0 Å². The second-order valence-corrected chi connectivity index (χ2v) is 4.40. The van der Waals surface area contributed by atoms with Gasteiger partial charge in [-0.15, -0.1) is 0 Å². The van der Waals surface area contributed by atoms with Crippen LogP contribution in [0, 0.1) is 5.92 Å². The minimum atomic E-state index is -0.148. The lowest BCUT2D eigenvalue weighted by molar-refractivity contribution is -0.145. The van der Waals surface area contributed by atoms with Gasteiger partial charge in [-0.3, -0.25) is 4.79 Å². The van der Waals surface area contributed by atoms with Crippen LogP contribution in [0.1, 0.15) is 17.5 Å². The van der Waals surface area contributed by atoms with Crippen LogP contribution in [0.3, 0.4) is 0 Å². The third-order valence-corrected chi connectivity index (χ3v) is 3.49. The molecule has 0 N–H and O–H groups in total. The molecule has 0 radical (unpaired) electrons. The van der Waals surface area contributed by atoms with E-state index in [0.717, 1.165) is 24.2 Å². The molecule has 0 saturated heterocycles. The first kappa shape index (κ1) is 12.7. The normalized spacial score (nSPS) is 17.8. The number of fused-ring (bicyclic) bond motifs is 1. The van der Waals surface area contributed by atoms with Crippen molar-refractivity contribution in [1.29, 1.82) is 0 Å². The zero-order valence-electron chi connectivity index (χ0n) is 11.0. The van der Waals surface area contributed by atoms with Gasteiger partial charge in [0.1, 0.15) is 0 Å². The van der Waals surface area contributed by atoms with Crippen molar-refractivity contribution in [1.82, 2.24) is 0 Å². The SMILES string of the molecule is COC(=O)C1CCc2ccc(OC)c(OC)c2C1. The maximum Gasteiger partial charge on any atom is 0.309 e. The first-order valence-corrected chi connectivity index (χ1v) is 6.01. The third kappa shape index (κ3) is 2.15. The van der Waals surface area contributed by atoms with Gasteiger partial charge in [0.25, 0.3) is 0 Å². The molecule has 1 aromatic rings. The summed E-state index contributed by atoms with van der Waals surface area (Å²) in [5.41, 5.74) is 2.30. The Kier molecular flexibility index (Phi) is 3.75. The van der Waals surface area contributed by atoms with Gasteiger partial charge in [0.15, 0.2) is 11.5 Å². The fourth-order valence-corrected chi connectivity index (χ4v) is 2.54. The van der Waals surface area contributed by atoms with Crippen molar-refractivity contribution in [2.24, 2.45) is 5.92 Å². The summed E-state index contributed by atoms with van der Waals surface area (Å²) in [6.45, 7) is 0. The molecular formula is C14H18O4. The lowest BCUT2D eigenvalue weighted by atomic mass is 9.83. The van der Waals surface area contributed by atoms with Gasteiger partial charge in [-0.1, -0.05) is 6.07 Å². The molecule has 0 aliphatic heterocycles. The summed E-state index contributed by atoms with van der Waals surface area (Å²) in [4.78, 5) is 11.6. The second kappa shape index (κ2) is 5.29. The van der Waals surface area contributed by atoms with Gasteiger partial charge in [0.2, 0.25) is 0 Å². The average Bonchev–Trinajstić information content (AvgIpc) is 2.44. The van der Waals surface area contributed by atoms with Crippen molar-refractivity contribution in [3.05, 3.63) is 23.3 Å². The van der Waals surface area contributed by atoms with Gasteiger partial charge >= 0.3 is 5.97 Å². The number of aryl methyl sites for hydroxylation is 1. The van der Waals surface area contributed by atoms with Crippen molar-refractivity contribution >= 4 is 5.97 Å². The molecule has 1 aliphatic rings. The molecule has 1 atom stereocenters. The van der Waals surface area contributed by atoms with Gasteiger partial charge < -0.3 is 14.2 Å². The fourth-order valence-electron chi connectivity index (χ4n) is 2.54. The molecule has 0 amide bonds. The Morgan fingerprint density at radius 3 is 2.61 bits per heavy atom. The topological polar surface area (TPSA) is 44.8 Å². The summed E-state index contributed by atoms with van der Waals surface area (Å²) in [7, 11) is 4.67. The van der Waals surface area contributed by atoms with E-state index in [1.165, 1.54) is 12.7 Å². The summed E-state index contributed by atoms with van der Waals surface area (Å²) in [6.07, 6.45) is 2.35. The Balaban J connectivity index is 2.37. The summed E-state index contributed by atoms with van der Waals surface area (Å²) in [5, 5.41) is 0. The zero-order valence-corrected chi connectivity index (χ0v) is 11.0. The summed E-state index contributed by atoms with van der Waals surface area (Å²) < 4.78 is 15.5. The predicted octanol–water partition coefficient (Wildman–Crippen LogP) is 1.98. The van der Waals surface area contributed by atoms with E-state index in [9.17, 15) is 4.79 Å². The Morgan fingerprint density at radius 2 is 2.00 bits per heavy atom. The van der Waals surface area contributed by atoms with Crippen molar-refractivity contribution in [3.63, 3.8) is 0 Å². The van der Waals surface area contributed by atoms with Gasteiger partial charge in [0.05, 0.1) is 27.2 Å². The lowest BCUT2D eigenvalue weighted by Gasteiger charge is -2.25. The highest BCUT2D eigenvalue weighted by atomic mass is 16.5. The first-order valence-electron chi connectivity index (χ1n) is 6.01. The highest BCUT2D eigenvalue weighted by Crippen LogP contribution is 2.39. The molecule has 0 saturated carbocycles. The number of benzene rings is 1. The molecule has 0 fully saturated rings. The highest BCUT2D eigenvalue weighted by Gasteiger charge is 2.28. The number of rotatable bonds is 3.